The summed E-state index contributed by atoms with van der Waals surface area (Å²) in [7, 11) is 4.51. The van der Waals surface area contributed by atoms with E-state index in [1.807, 2.05) is 6.92 Å². The molecule has 0 aromatic heterocycles. The first-order valence-electron chi connectivity index (χ1n) is 9.40. The summed E-state index contributed by atoms with van der Waals surface area (Å²) in [5.41, 5.74) is 4.85. The molecule has 162 valence electrons. The lowest BCUT2D eigenvalue weighted by Crippen LogP contribution is -2.56. The third kappa shape index (κ3) is 8.35. The Bertz CT molecular complexity index is 538. The van der Waals surface area contributed by atoms with E-state index in [9.17, 15) is 19.2 Å². The van der Waals surface area contributed by atoms with Gasteiger partial charge in [0.05, 0.1) is 18.8 Å². The number of primary amides is 1. The highest BCUT2D eigenvalue weighted by atomic mass is 16.5. The molecule has 28 heavy (non-hydrogen) atoms. The normalized spacial score (nSPS) is 13.5. The number of rotatable bonds is 14. The first-order valence-corrected chi connectivity index (χ1v) is 9.40. The molecule has 9 heteroatoms. The van der Waals surface area contributed by atoms with Gasteiger partial charge in [0.2, 0.25) is 17.7 Å². The summed E-state index contributed by atoms with van der Waals surface area (Å²) in [6.45, 7) is 5.51. The molecule has 0 radical (unpaired) electrons. The van der Waals surface area contributed by atoms with Gasteiger partial charge in [-0.1, -0.05) is 6.92 Å². The van der Waals surface area contributed by atoms with Gasteiger partial charge in [-0.05, 0) is 20.3 Å². The number of carbonyl (C=O) groups excluding carboxylic acids is 4. The summed E-state index contributed by atoms with van der Waals surface area (Å²) in [5, 5.41) is 0. The van der Waals surface area contributed by atoms with E-state index in [0.29, 0.717) is 12.7 Å². The second-order valence-corrected chi connectivity index (χ2v) is 7.34. The van der Waals surface area contributed by atoms with Gasteiger partial charge < -0.3 is 29.8 Å². The molecule has 0 rings (SSSR count). The Morgan fingerprint density at radius 1 is 1.14 bits per heavy atom. The predicted octanol–water partition coefficient (Wildman–Crippen LogP) is 0.347. The van der Waals surface area contributed by atoms with Crippen molar-refractivity contribution >= 4 is 24.0 Å². The van der Waals surface area contributed by atoms with Gasteiger partial charge in [-0.2, -0.15) is 0 Å². The Balaban J connectivity index is 5.51. The fourth-order valence-corrected chi connectivity index (χ4v) is 2.61. The molecule has 0 aliphatic carbocycles. The highest BCUT2D eigenvalue weighted by Gasteiger charge is 2.36. The molecule has 0 aliphatic heterocycles. The van der Waals surface area contributed by atoms with Gasteiger partial charge in [-0.25, -0.2) is 0 Å². The Labute approximate surface area is 167 Å². The summed E-state index contributed by atoms with van der Waals surface area (Å²) in [6.07, 6.45) is 2.03. The number of methoxy groups -OCH3 is 1. The summed E-state index contributed by atoms with van der Waals surface area (Å²) >= 11 is 0. The van der Waals surface area contributed by atoms with Crippen molar-refractivity contribution in [3.63, 3.8) is 0 Å². The molecule has 0 unspecified atom stereocenters. The largest absolute Gasteiger partial charge is 0.379 e. The Morgan fingerprint density at radius 2 is 1.75 bits per heavy atom. The molecular weight excluding hydrogens is 366 g/mol. The molecule has 0 fully saturated rings. The van der Waals surface area contributed by atoms with Crippen molar-refractivity contribution in [3.05, 3.63) is 0 Å². The molecule has 3 amide bonds. The first kappa shape index (κ1) is 26.0. The molecular formula is C19H35N3O6. The zero-order valence-corrected chi connectivity index (χ0v) is 17.9. The number of nitrogens with zero attached hydrogens (tertiary/aromatic N) is 2. The first-order chi connectivity index (χ1) is 13.0. The van der Waals surface area contributed by atoms with Crippen molar-refractivity contribution in [2.75, 3.05) is 34.4 Å². The molecule has 9 nitrogen and oxygen atoms in total. The van der Waals surface area contributed by atoms with Crippen LogP contribution in [0.15, 0.2) is 0 Å². The average Bonchev–Trinajstić information content (AvgIpc) is 2.64. The quantitative estimate of drug-likeness (QED) is 0.331. The summed E-state index contributed by atoms with van der Waals surface area (Å²) in [4.78, 5) is 50.4. The number of carbonyl (C=O) groups is 4. The van der Waals surface area contributed by atoms with Gasteiger partial charge in [-0.15, -0.1) is 0 Å². The smallest absolute Gasteiger partial charge is 0.248 e. The zero-order valence-electron chi connectivity index (χ0n) is 17.9. The molecule has 2 N–H and O–H groups in total. The Hall–Kier alpha value is -2.00. The van der Waals surface area contributed by atoms with Crippen LogP contribution < -0.4 is 5.73 Å². The molecule has 0 bridgehead atoms. The van der Waals surface area contributed by atoms with Crippen molar-refractivity contribution in [3.8, 4) is 0 Å². The van der Waals surface area contributed by atoms with Crippen molar-refractivity contribution in [1.82, 2.24) is 9.80 Å². The van der Waals surface area contributed by atoms with Crippen LogP contribution in [0.5, 0.6) is 0 Å². The lowest BCUT2D eigenvalue weighted by atomic mass is 9.97. The minimum absolute atomic E-state index is 0.0812. The van der Waals surface area contributed by atoms with E-state index in [2.05, 4.69) is 0 Å². The molecule has 0 saturated carbocycles. The standard InChI is InChI=1S/C19H35N3O6/c1-7-9-16(24)21(4)15(13-28-11-8-10-23)18(26)22(5)14(17(20)25)12-19(2,3)27-6/h10,14-15H,7-9,11-13H2,1-6H3,(H2,20,25)/t14-,15+/m0/s1. The van der Waals surface area contributed by atoms with E-state index >= 15 is 0 Å². The molecule has 0 heterocycles. The van der Waals surface area contributed by atoms with Crippen LogP contribution in [0.2, 0.25) is 0 Å². The molecule has 0 aromatic rings. The fraction of sp³-hybridized carbons (Fsp3) is 0.789. The number of hydrogen-bond donors (Lipinski definition) is 1. The van der Waals surface area contributed by atoms with Gasteiger partial charge in [0.15, 0.2) is 0 Å². The average molecular weight is 402 g/mol. The summed E-state index contributed by atoms with van der Waals surface area (Å²) in [5.74, 6) is -1.33. The zero-order chi connectivity index (χ0) is 21.9. The third-order valence-electron chi connectivity index (χ3n) is 4.65. The molecule has 2 atom stereocenters. The predicted molar refractivity (Wildman–Crippen MR) is 104 cm³/mol. The van der Waals surface area contributed by atoms with Gasteiger partial charge >= 0.3 is 0 Å². The second kappa shape index (κ2) is 12.5. The van der Waals surface area contributed by atoms with Crippen LogP contribution in [-0.2, 0) is 28.7 Å². The molecule has 0 spiro atoms. The maximum atomic E-state index is 13.1. The highest BCUT2D eigenvalue weighted by Crippen LogP contribution is 2.20. The fourth-order valence-electron chi connectivity index (χ4n) is 2.61. The summed E-state index contributed by atoms with van der Waals surface area (Å²) < 4.78 is 10.8. The number of likely N-dealkylation sites (N-methyl/N-ethyl adjacent to an activating group) is 2. The minimum atomic E-state index is -0.928. The molecule has 0 aliphatic rings. The van der Waals surface area contributed by atoms with Gasteiger partial charge in [0.1, 0.15) is 18.4 Å². The van der Waals surface area contributed by atoms with Crippen LogP contribution in [0.1, 0.15) is 46.5 Å². The number of amides is 3. The highest BCUT2D eigenvalue weighted by molar-refractivity contribution is 5.91. The van der Waals surface area contributed by atoms with Crippen LogP contribution in [0.4, 0.5) is 0 Å². The third-order valence-corrected chi connectivity index (χ3v) is 4.65. The topological polar surface area (TPSA) is 119 Å². The van der Waals surface area contributed by atoms with E-state index in [0.717, 1.165) is 0 Å². The Kier molecular flexibility index (Phi) is 11.6. The lowest BCUT2D eigenvalue weighted by molar-refractivity contribution is -0.150. The number of ether oxygens (including phenoxy) is 2. The van der Waals surface area contributed by atoms with E-state index < -0.39 is 29.5 Å². The van der Waals surface area contributed by atoms with E-state index in [-0.39, 0.29) is 38.4 Å². The second-order valence-electron chi connectivity index (χ2n) is 7.34. The summed E-state index contributed by atoms with van der Waals surface area (Å²) in [6, 6.07) is -1.84. The number of nitrogens with two attached hydrogens (primary N) is 1. The van der Waals surface area contributed by atoms with Crippen molar-refractivity contribution < 1.29 is 28.7 Å². The van der Waals surface area contributed by atoms with Gasteiger partial charge in [0, 0.05) is 40.5 Å². The molecule has 0 aromatic carbocycles. The number of aldehydes is 1. The van der Waals surface area contributed by atoms with E-state index in [1.54, 1.807) is 13.8 Å². The SMILES string of the molecule is CCCC(=O)N(C)[C@H](COCCC=O)C(=O)N(C)[C@@H](CC(C)(C)OC)C(N)=O. The van der Waals surface area contributed by atoms with Crippen molar-refractivity contribution in [2.45, 2.75) is 64.1 Å². The van der Waals surface area contributed by atoms with E-state index in [4.69, 9.17) is 15.2 Å². The monoisotopic (exact) mass is 401 g/mol. The van der Waals surface area contributed by atoms with Crippen molar-refractivity contribution in [2.24, 2.45) is 5.73 Å². The van der Waals surface area contributed by atoms with Gasteiger partial charge in [-0.3, -0.25) is 14.4 Å². The van der Waals surface area contributed by atoms with E-state index in [1.165, 1.54) is 31.0 Å². The van der Waals surface area contributed by atoms with Gasteiger partial charge in [0.25, 0.3) is 0 Å². The van der Waals surface area contributed by atoms with Crippen LogP contribution in [-0.4, -0.2) is 85.9 Å². The van der Waals surface area contributed by atoms with Crippen LogP contribution in [0, 0.1) is 0 Å². The molecule has 0 saturated heterocycles. The Morgan fingerprint density at radius 3 is 2.21 bits per heavy atom. The number of hydrogen-bond acceptors (Lipinski definition) is 6. The van der Waals surface area contributed by atoms with Crippen molar-refractivity contribution in [1.29, 1.82) is 0 Å². The maximum Gasteiger partial charge on any atom is 0.248 e. The maximum absolute atomic E-state index is 13.1. The van der Waals surface area contributed by atoms with Crippen LogP contribution in [0.3, 0.4) is 0 Å². The lowest BCUT2D eigenvalue weighted by Gasteiger charge is -2.36. The minimum Gasteiger partial charge on any atom is -0.379 e. The van der Waals surface area contributed by atoms with Crippen LogP contribution in [0.25, 0.3) is 0 Å². The van der Waals surface area contributed by atoms with Crippen LogP contribution >= 0.6 is 0 Å².